The lowest BCUT2D eigenvalue weighted by molar-refractivity contribution is 0.159. The Bertz CT molecular complexity index is 420. The van der Waals surface area contributed by atoms with Crippen molar-refractivity contribution in [3.63, 3.8) is 0 Å². The van der Waals surface area contributed by atoms with Gasteiger partial charge in [0.15, 0.2) is 5.96 Å². The van der Waals surface area contributed by atoms with Gasteiger partial charge in [0.05, 0.1) is 0 Å². The van der Waals surface area contributed by atoms with Gasteiger partial charge in [0, 0.05) is 45.3 Å². The van der Waals surface area contributed by atoms with Gasteiger partial charge in [0.25, 0.3) is 0 Å². The molecule has 1 atom stereocenters. The maximum Gasteiger partial charge on any atom is 0.191 e. The van der Waals surface area contributed by atoms with Crippen molar-refractivity contribution in [2.45, 2.75) is 58.4 Å². The van der Waals surface area contributed by atoms with E-state index in [2.05, 4.69) is 46.2 Å². The molecule has 0 aromatic heterocycles. The first-order chi connectivity index (χ1) is 13.2. The lowest BCUT2D eigenvalue weighted by Gasteiger charge is -2.33. The summed E-state index contributed by atoms with van der Waals surface area (Å²) in [5, 5.41) is 6.91. The highest BCUT2D eigenvalue weighted by molar-refractivity contribution is 14.0. The largest absolute Gasteiger partial charge is 0.357 e. The van der Waals surface area contributed by atoms with Crippen molar-refractivity contribution in [2.75, 3.05) is 72.5 Å². The number of hydrogen-bond acceptors (Lipinski definition) is 4. The monoisotopic (exact) mass is 508 g/mol. The minimum absolute atomic E-state index is 0. The number of nitrogens with zero attached hydrogens (tertiary/aromatic N) is 4. The van der Waals surface area contributed by atoms with Crippen LogP contribution >= 0.6 is 24.0 Å². The molecular weight excluding hydrogens is 463 g/mol. The Kier molecular flexibility index (Phi) is 14.5. The van der Waals surface area contributed by atoms with Gasteiger partial charge in [-0.05, 0) is 79.2 Å². The van der Waals surface area contributed by atoms with Crippen LogP contribution < -0.4 is 10.6 Å². The third-order valence-electron chi connectivity index (χ3n) is 5.91. The fourth-order valence-corrected chi connectivity index (χ4v) is 4.13. The van der Waals surface area contributed by atoms with Crippen LogP contribution in [0.2, 0.25) is 0 Å². The van der Waals surface area contributed by atoms with Gasteiger partial charge in [0.2, 0.25) is 0 Å². The van der Waals surface area contributed by atoms with E-state index in [0.717, 1.165) is 38.1 Å². The van der Waals surface area contributed by atoms with E-state index in [1.165, 1.54) is 77.9 Å². The maximum absolute atomic E-state index is 4.78. The van der Waals surface area contributed by atoms with Crippen LogP contribution in [0, 0.1) is 0 Å². The molecule has 7 heteroatoms. The number of piperidine rings is 1. The van der Waals surface area contributed by atoms with E-state index in [1.54, 1.807) is 0 Å². The van der Waals surface area contributed by atoms with E-state index in [-0.39, 0.29) is 24.0 Å². The van der Waals surface area contributed by atoms with E-state index >= 15 is 0 Å². The number of rotatable bonds is 9. The van der Waals surface area contributed by atoms with Crippen LogP contribution in [0.25, 0.3) is 0 Å². The van der Waals surface area contributed by atoms with Gasteiger partial charge in [-0.1, -0.05) is 6.42 Å². The highest BCUT2D eigenvalue weighted by Crippen LogP contribution is 2.16. The first-order valence-electron chi connectivity index (χ1n) is 11.4. The molecule has 166 valence electrons. The molecule has 2 rings (SSSR count). The summed E-state index contributed by atoms with van der Waals surface area (Å²) < 4.78 is 0. The van der Waals surface area contributed by atoms with E-state index in [0.29, 0.717) is 0 Å². The Hall–Kier alpha value is -0.120. The molecular formula is C21H45IN6. The Balaban J connectivity index is 0.00000392. The molecule has 0 bridgehead atoms. The molecule has 0 aromatic rings. The Morgan fingerprint density at radius 1 is 0.964 bits per heavy atom. The van der Waals surface area contributed by atoms with E-state index in [4.69, 9.17) is 4.99 Å². The van der Waals surface area contributed by atoms with Crippen LogP contribution in [0.1, 0.15) is 52.4 Å². The van der Waals surface area contributed by atoms with Crippen LogP contribution in [0.5, 0.6) is 0 Å². The van der Waals surface area contributed by atoms with Crippen LogP contribution in [0.3, 0.4) is 0 Å². The minimum atomic E-state index is 0. The number of guanidine groups is 1. The second-order valence-electron chi connectivity index (χ2n) is 8.27. The molecule has 2 aliphatic heterocycles. The second-order valence-corrected chi connectivity index (χ2v) is 8.27. The molecule has 6 nitrogen and oxygen atoms in total. The zero-order valence-electron chi connectivity index (χ0n) is 18.6. The molecule has 0 aromatic carbocycles. The van der Waals surface area contributed by atoms with Crippen molar-refractivity contribution in [3.8, 4) is 0 Å². The van der Waals surface area contributed by atoms with Gasteiger partial charge in [-0.3, -0.25) is 4.99 Å². The van der Waals surface area contributed by atoms with E-state index in [1.807, 2.05) is 0 Å². The van der Waals surface area contributed by atoms with Gasteiger partial charge >= 0.3 is 0 Å². The predicted octanol–water partition coefficient (Wildman–Crippen LogP) is 2.45. The van der Waals surface area contributed by atoms with Crippen LogP contribution in [0.15, 0.2) is 4.99 Å². The third kappa shape index (κ3) is 10.6. The van der Waals surface area contributed by atoms with Crippen molar-refractivity contribution in [1.82, 2.24) is 25.3 Å². The lowest BCUT2D eigenvalue weighted by Crippen LogP contribution is -2.41. The van der Waals surface area contributed by atoms with E-state index in [9.17, 15) is 0 Å². The fourth-order valence-electron chi connectivity index (χ4n) is 4.13. The second kappa shape index (κ2) is 15.7. The first-order valence-corrected chi connectivity index (χ1v) is 11.4. The summed E-state index contributed by atoms with van der Waals surface area (Å²) in [5.74, 6) is 0.986. The maximum atomic E-state index is 4.78. The quantitative estimate of drug-likeness (QED) is 0.217. The number of likely N-dealkylation sites (tertiary alicyclic amines) is 1. The van der Waals surface area contributed by atoms with Gasteiger partial charge in [-0.15, -0.1) is 24.0 Å². The molecule has 2 N–H and O–H groups in total. The summed E-state index contributed by atoms with van der Waals surface area (Å²) in [5.41, 5.74) is 0. The molecule has 0 radical (unpaired) electrons. The molecule has 0 saturated carbocycles. The van der Waals surface area contributed by atoms with Crippen LogP contribution in [-0.2, 0) is 0 Å². The summed E-state index contributed by atoms with van der Waals surface area (Å²) in [4.78, 5) is 12.5. The van der Waals surface area contributed by atoms with Crippen molar-refractivity contribution in [2.24, 2.45) is 4.99 Å². The van der Waals surface area contributed by atoms with Crippen molar-refractivity contribution in [3.05, 3.63) is 0 Å². The number of hydrogen-bond donors (Lipinski definition) is 2. The summed E-state index contributed by atoms with van der Waals surface area (Å²) >= 11 is 0. The Labute approximate surface area is 190 Å². The molecule has 2 heterocycles. The summed E-state index contributed by atoms with van der Waals surface area (Å²) in [6.07, 6.45) is 7.77. The molecule has 2 aliphatic rings. The molecule has 0 spiro atoms. The van der Waals surface area contributed by atoms with Crippen LogP contribution in [0.4, 0.5) is 0 Å². The van der Waals surface area contributed by atoms with Gasteiger partial charge in [-0.25, -0.2) is 0 Å². The Morgan fingerprint density at radius 3 is 2.61 bits per heavy atom. The highest BCUT2D eigenvalue weighted by Gasteiger charge is 2.17. The SMILES string of the molecule is CCNC(=NCCCN1CCCN(C)CC1)NCCCN1CCCCC1C.I. The smallest absolute Gasteiger partial charge is 0.191 e. The molecule has 1 unspecified atom stereocenters. The molecule has 0 amide bonds. The molecule has 2 fully saturated rings. The van der Waals surface area contributed by atoms with Gasteiger partial charge < -0.3 is 25.3 Å². The standard InChI is InChI=1S/C21H44N6.HI/c1-4-22-21(24-12-8-17-27-16-6-5-10-20(27)2)23-11-7-14-26-15-9-13-25(3)18-19-26;/h20H,4-19H2,1-3H3,(H2,22,23,24);1H. The topological polar surface area (TPSA) is 46.1 Å². The third-order valence-corrected chi connectivity index (χ3v) is 5.91. The zero-order chi connectivity index (χ0) is 19.3. The van der Waals surface area contributed by atoms with Crippen molar-refractivity contribution >= 4 is 29.9 Å². The van der Waals surface area contributed by atoms with Crippen molar-refractivity contribution < 1.29 is 0 Å². The highest BCUT2D eigenvalue weighted by atomic mass is 127. The average molecular weight is 509 g/mol. The average Bonchev–Trinajstić information content (AvgIpc) is 2.87. The van der Waals surface area contributed by atoms with Crippen LogP contribution in [-0.4, -0.2) is 99.2 Å². The fraction of sp³-hybridized carbons (Fsp3) is 0.952. The Morgan fingerprint density at radius 2 is 1.82 bits per heavy atom. The molecule has 2 saturated heterocycles. The predicted molar refractivity (Wildman–Crippen MR) is 132 cm³/mol. The minimum Gasteiger partial charge on any atom is -0.357 e. The zero-order valence-corrected chi connectivity index (χ0v) is 20.9. The summed E-state index contributed by atoms with van der Waals surface area (Å²) in [6, 6.07) is 0.763. The summed E-state index contributed by atoms with van der Waals surface area (Å²) in [7, 11) is 2.23. The van der Waals surface area contributed by atoms with Gasteiger partial charge in [-0.2, -0.15) is 0 Å². The number of halogens is 1. The number of nitrogens with one attached hydrogen (secondary N) is 2. The van der Waals surface area contributed by atoms with E-state index < -0.39 is 0 Å². The summed E-state index contributed by atoms with van der Waals surface area (Å²) in [6.45, 7) is 15.9. The van der Waals surface area contributed by atoms with Crippen molar-refractivity contribution in [1.29, 1.82) is 0 Å². The molecule has 0 aliphatic carbocycles. The lowest BCUT2D eigenvalue weighted by atomic mass is 10.0. The van der Waals surface area contributed by atoms with Gasteiger partial charge in [0.1, 0.15) is 0 Å². The normalized spacial score (nSPS) is 23.1. The number of aliphatic imine (C=N–C) groups is 1. The number of likely N-dealkylation sites (N-methyl/N-ethyl adjacent to an activating group) is 1. The molecule has 28 heavy (non-hydrogen) atoms. The first kappa shape index (κ1) is 25.9.